The van der Waals surface area contributed by atoms with Crippen LogP contribution in [0.1, 0.15) is 51.8 Å². The highest BCUT2D eigenvalue weighted by atomic mass is 16.1. The fourth-order valence-electron chi connectivity index (χ4n) is 3.68. The number of nitrogens with one attached hydrogen (secondary N) is 1. The average molecular weight is 349 g/mol. The molecule has 6 nitrogen and oxygen atoms in total. The molecule has 6 heteroatoms. The lowest BCUT2D eigenvalue weighted by Crippen LogP contribution is -2.31. The molecule has 1 aliphatic rings. The van der Waals surface area contributed by atoms with Gasteiger partial charge in [-0.25, -0.2) is 0 Å². The monoisotopic (exact) mass is 349 g/mol. The van der Waals surface area contributed by atoms with Crippen LogP contribution >= 0.6 is 0 Å². The zero-order valence-electron chi connectivity index (χ0n) is 15.1. The normalized spacial score (nSPS) is 16.3. The number of nitrogens with zero attached hydrogens (tertiary/aromatic N) is 4. The fraction of sp³-hybridized carbons (Fsp3) is 0.350. The Hall–Kier alpha value is -2.89. The summed E-state index contributed by atoms with van der Waals surface area (Å²) in [7, 11) is 1.96. The van der Waals surface area contributed by atoms with Crippen molar-refractivity contribution < 1.29 is 4.79 Å². The van der Waals surface area contributed by atoms with Gasteiger partial charge in [0.15, 0.2) is 0 Å². The summed E-state index contributed by atoms with van der Waals surface area (Å²) in [5.74, 6) is -0.0662. The molecule has 1 aliphatic carbocycles. The van der Waals surface area contributed by atoms with Gasteiger partial charge in [-0.15, -0.1) is 0 Å². The lowest BCUT2D eigenvalue weighted by molar-refractivity contribution is 0.0932. The van der Waals surface area contributed by atoms with Crippen molar-refractivity contribution in [2.75, 3.05) is 0 Å². The van der Waals surface area contributed by atoms with Crippen molar-refractivity contribution in [1.82, 2.24) is 24.9 Å². The maximum atomic E-state index is 12.8. The number of aromatic nitrogens is 4. The van der Waals surface area contributed by atoms with Crippen molar-refractivity contribution in [1.29, 1.82) is 0 Å². The molecule has 1 atom stereocenters. The predicted octanol–water partition coefficient (Wildman–Crippen LogP) is 2.78. The minimum absolute atomic E-state index is 0.0248. The van der Waals surface area contributed by atoms with Crippen LogP contribution in [0.2, 0.25) is 0 Å². The van der Waals surface area contributed by atoms with Crippen LogP contribution in [0.15, 0.2) is 42.7 Å². The molecule has 1 amide bonds. The van der Waals surface area contributed by atoms with E-state index in [1.165, 1.54) is 5.69 Å². The van der Waals surface area contributed by atoms with Crippen molar-refractivity contribution in [3.63, 3.8) is 0 Å². The van der Waals surface area contributed by atoms with Crippen molar-refractivity contribution >= 4 is 5.91 Å². The van der Waals surface area contributed by atoms with E-state index < -0.39 is 0 Å². The number of carbonyl (C=O) groups is 1. The predicted molar refractivity (Wildman–Crippen MR) is 98.9 cm³/mol. The van der Waals surface area contributed by atoms with Crippen LogP contribution in [0.3, 0.4) is 0 Å². The number of fused-ring (bicyclic) bond motifs is 1. The van der Waals surface area contributed by atoms with Crippen LogP contribution in [0, 0.1) is 6.92 Å². The van der Waals surface area contributed by atoms with Gasteiger partial charge in [-0.1, -0.05) is 30.3 Å². The van der Waals surface area contributed by atoms with E-state index in [0.717, 1.165) is 36.1 Å². The number of hydrogen-bond acceptors (Lipinski definition) is 3. The van der Waals surface area contributed by atoms with Gasteiger partial charge in [0.25, 0.3) is 5.91 Å². The molecule has 1 N–H and O–H groups in total. The third-order valence-electron chi connectivity index (χ3n) is 5.20. The molecule has 134 valence electrons. The molecular weight excluding hydrogens is 326 g/mol. The summed E-state index contributed by atoms with van der Waals surface area (Å²) in [5, 5.41) is 11.9. The molecule has 0 fully saturated rings. The van der Waals surface area contributed by atoms with E-state index in [-0.39, 0.29) is 11.9 Å². The Morgan fingerprint density at radius 2 is 2.04 bits per heavy atom. The van der Waals surface area contributed by atoms with Gasteiger partial charge in [0.05, 0.1) is 30.5 Å². The summed E-state index contributed by atoms with van der Waals surface area (Å²) in [5.41, 5.74) is 5.04. The molecule has 1 unspecified atom stereocenters. The Balaban J connectivity index is 1.51. The molecular formula is C20H23N5O. The number of benzene rings is 1. The first-order valence-corrected chi connectivity index (χ1v) is 9.01. The molecule has 1 aromatic carbocycles. The highest BCUT2D eigenvalue weighted by molar-refractivity contribution is 5.95. The van der Waals surface area contributed by atoms with Gasteiger partial charge in [0, 0.05) is 24.0 Å². The van der Waals surface area contributed by atoms with Gasteiger partial charge < -0.3 is 5.32 Å². The Morgan fingerprint density at radius 3 is 2.85 bits per heavy atom. The van der Waals surface area contributed by atoms with E-state index >= 15 is 0 Å². The van der Waals surface area contributed by atoms with Crippen LogP contribution in [-0.2, 0) is 20.0 Å². The highest BCUT2D eigenvalue weighted by Crippen LogP contribution is 2.29. The molecule has 26 heavy (non-hydrogen) atoms. The van der Waals surface area contributed by atoms with Crippen LogP contribution in [0.25, 0.3) is 0 Å². The quantitative estimate of drug-likeness (QED) is 0.788. The molecule has 2 aromatic heterocycles. The summed E-state index contributed by atoms with van der Waals surface area (Å²) in [6.07, 6.45) is 6.57. The first kappa shape index (κ1) is 16.6. The fourth-order valence-corrected chi connectivity index (χ4v) is 3.68. The Kier molecular flexibility index (Phi) is 4.32. The second-order valence-electron chi connectivity index (χ2n) is 6.88. The van der Waals surface area contributed by atoms with Crippen LogP contribution in [-0.4, -0.2) is 25.5 Å². The summed E-state index contributed by atoms with van der Waals surface area (Å²) in [4.78, 5) is 12.8. The van der Waals surface area contributed by atoms with Crippen LogP contribution < -0.4 is 5.32 Å². The minimum atomic E-state index is -0.0662. The van der Waals surface area contributed by atoms with Crippen LogP contribution in [0.4, 0.5) is 0 Å². The van der Waals surface area contributed by atoms with Crippen molar-refractivity contribution in [2.24, 2.45) is 7.05 Å². The molecule has 0 aliphatic heterocycles. The zero-order valence-corrected chi connectivity index (χ0v) is 15.1. The molecule has 0 saturated carbocycles. The molecule has 3 aromatic rings. The lowest BCUT2D eigenvalue weighted by Gasteiger charge is -2.23. The molecule has 2 heterocycles. The van der Waals surface area contributed by atoms with Gasteiger partial charge in [-0.05, 0) is 31.7 Å². The van der Waals surface area contributed by atoms with E-state index in [4.69, 9.17) is 0 Å². The van der Waals surface area contributed by atoms with Crippen molar-refractivity contribution in [3.05, 3.63) is 70.8 Å². The van der Waals surface area contributed by atoms with E-state index in [2.05, 4.69) is 27.6 Å². The Bertz CT molecular complexity index is 925. The largest absolute Gasteiger partial charge is 0.345 e. The Morgan fingerprint density at radius 1 is 1.23 bits per heavy atom. The molecule has 0 radical (unpaired) electrons. The topological polar surface area (TPSA) is 64.7 Å². The number of hydrogen-bond donors (Lipinski definition) is 1. The molecule has 0 bridgehead atoms. The number of carbonyl (C=O) groups excluding carboxylic acids is 1. The van der Waals surface area contributed by atoms with Gasteiger partial charge in [0.1, 0.15) is 0 Å². The van der Waals surface area contributed by atoms with Crippen molar-refractivity contribution in [2.45, 2.75) is 38.8 Å². The first-order valence-electron chi connectivity index (χ1n) is 9.01. The summed E-state index contributed by atoms with van der Waals surface area (Å²) in [6.45, 7) is 2.61. The van der Waals surface area contributed by atoms with Gasteiger partial charge >= 0.3 is 0 Å². The molecule has 4 rings (SSSR count). The second kappa shape index (κ2) is 6.78. The minimum Gasteiger partial charge on any atom is -0.345 e. The second-order valence-corrected chi connectivity index (χ2v) is 6.88. The van der Waals surface area contributed by atoms with E-state index in [1.807, 2.05) is 47.7 Å². The SMILES string of the molecule is Cc1c(C(=O)NC2CCCc3c2cnn3C)cnn1Cc1ccccc1. The van der Waals surface area contributed by atoms with Gasteiger partial charge in [-0.3, -0.25) is 14.2 Å². The number of aryl methyl sites for hydroxylation is 1. The molecule has 0 spiro atoms. The van der Waals surface area contributed by atoms with E-state index in [0.29, 0.717) is 12.1 Å². The summed E-state index contributed by atoms with van der Waals surface area (Å²) in [6, 6.07) is 10.2. The standard InChI is InChI=1S/C20H23N5O/c1-14-16(11-22-25(14)13-15-7-4-3-5-8-15)20(26)23-18-9-6-10-19-17(18)12-21-24(19)2/h3-5,7-8,11-12,18H,6,9-10,13H2,1-2H3,(H,23,26). The lowest BCUT2D eigenvalue weighted by atomic mass is 9.93. The smallest absolute Gasteiger partial charge is 0.255 e. The molecule has 0 saturated heterocycles. The number of amides is 1. The summed E-state index contributed by atoms with van der Waals surface area (Å²) >= 11 is 0. The first-order chi connectivity index (χ1) is 12.6. The van der Waals surface area contributed by atoms with Gasteiger partial charge in [0.2, 0.25) is 0 Å². The van der Waals surface area contributed by atoms with Gasteiger partial charge in [-0.2, -0.15) is 10.2 Å². The maximum Gasteiger partial charge on any atom is 0.255 e. The maximum absolute atomic E-state index is 12.8. The van der Waals surface area contributed by atoms with E-state index in [1.54, 1.807) is 6.20 Å². The third kappa shape index (κ3) is 3.03. The van der Waals surface area contributed by atoms with Crippen LogP contribution in [0.5, 0.6) is 0 Å². The van der Waals surface area contributed by atoms with Crippen molar-refractivity contribution in [3.8, 4) is 0 Å². The third-order valence-corrected chi connectivity index (χ3v) is 5.20. The Labute approximate surface area is 152 Å². The zero-order chi connectivity index (χ0) is 18.1. The number of rotatable bonds is 4. The summed E-state index contributed by atoms with van der Waals surface area (Å²) < 4.78 is 3.79. The highest BCUT2D eigenvalue weighted by Gasteiger charge is 2.26. The average Bonchev–Trinajstić information content (AvgIpc) is 3.20. The van der Waals surface area contributed by atoms with E-state index in [9.17, 15) is 4.79 Å².